The number of aromatic nitrogens is 2. The zero-order valence-corrected chi connectivity index (χ0v) is 7.47. The van der Waals surface area contributed by atoms with Crippen LogP contribution in [0.1, 0.15) is 10.6 Å². The molecule has 0 atom stereocenters. The number of rotatable bonds is 2. The predicted molar refractivity (Wildman–Crippen MR) is 48.7 cm³/mol. The van der Waals surface area contributed by atoms with Crippen LogP contribution >= 0.6 is 0 Å². The molecule has 72 valence electrons. The van der Waals surface area contributed by atoms with Gasteiger partial charge >= 0.3 is 5.97 Å². The molecular weight excluding hydrogens is 184 g/mol. The smallest absolute Gasteiger partial charge is 0.372 e. The number of hydrogen-bond donors (Lipinski definition) is 1. The van der Waals surface area contributed by atoms with E-state index in [1.54, 1.807) is 25.4 Å². The third-order valence-electron chi connectivity index (χ3n) is 1.93. The van der Waals surface area contributed by atoms with Gasteiger partial charge in [-0.05, 0) is 6.07 Å². The number of ether oxygens (including phenoxy) is 1. The molecule has 14 heavy (non-hydrogen) atoms. The van der Waals surface area contributed by atoms with Crippen LogP contribution in [0.3, 0.4) is 0 Å². The quantitative estimate of drug-likeness (QED) is 0.772. The Balaban J connectivity index is 2.65. The Labute approximate surface area is 79.6 Å². The maximum atomic E-state index is 10.7. The minimum atomic E-state index is -1.05. The average molecular weight is 192 g/mol. The van der Waals surface area contributed by atoms with Crippen LogP contribution in [-0.2, 0) is 0 Å². The van der Waals surface area contributed by atoms with E-state index < -0.39 is 5.97 Å². The number of aromatic carboxylic acids is 1. The van der Waals surface area contributed by atoms with Crippen molar-refractivity contribution in [3.63, 3.8) is 0 Å². The number of carbonyl (C=O) groups is 1. The Morgan fingerprint density at radius 1 is 1.64 bits per heavy atom. The van der Waals surface area contributed by atoms with Crippen molar-refractivity contribution in [2.75, 3.05) is 7.11 Å². The van der Waals surface area contributed by atoms with Crippen LogP contribution in [0.4, 0.5) is 0 Å². The highest BCUT2D eigenvalue weighted by Gasteiger charge is 2.10. The zero-order valence-electron chi connectivity index (χ0n) is 7.47. The van der Waals surface area contributed by atoms with Crippen molar-refractivity contribution in [1.29, 1.82) is 0 Å². The van der Waals surface area contributed by atoms with Crippen molar-refractivity contribution < 1.29 is 14.6 Å². The molecule has 0 saturated heterocycles. The van der Waals surface area contributed by atoms with Crippen LogP contribution in [0.5, 0.6) is 5.75 Å². The summed E-state index contributed by atoms with van der Waals surface area (Å²) in [6, 6.07) is 3.40. The van der Waals surface area contributed by atoms with E-state index in [0.29, 0.717) is 11.3 Å². The summed E-state index contributed by atoms with van der Waals surface area (Å²) in [7, 11) is 1.56. The van der Waals surface area contributed by atoms with Crippen LogP contribution < -0.4 is 4.74 Å². The number of nitrogens with zero attached hydrogens (tertiary/aromatic N) is 2. The molecule has 2 rings (SSSR count). The standard InChI is InChI=1S/C9H8N2O3/c1-14-7-2-3-11-6(4-7)5-10-8(11)9(12)13/h2-5H,1H3,(H,12,13). The van der Waals surface area contributed by atoms with E-state index >= 15 is 0 Å². The van der Waals surface area contributed by atoms with Gasteiger partial charge in [0.25, 0.3) is 0 Å². The molecule has 1 N–H and O–H groups in total. The first kappa shape index (κ1) is 8.55. The molecule has 0 saturated carbocycles. The molecular formula is C9H8N2O3. The minimum absolute atomic E-state index is 0.00246. The number of hydrogen-bond acceptors (Lipinski definition) is 3. The first-order chi connectivity index (χ1) is 6.72. The van der Waals surface area contributed by atoms with E-state index in [9.17, 15) is 4.79 Å². The Kier molecular flexibility index (Phi) is 1.85. The largest absolute Gasteiger partial charge is 0.497 e. The van der Waals surface area contributed by atoms with Crippen molar-refractivity contribution in [3.8, 4) is 5.75 Å². The second-order valence-corrected chi connectivity index (χ2v) is 2.75. The highest BCUT2D eigenvalue weighted by Crippen LogP contribution is 2.15. The van der Waals surface area contributed by atoms with Gasteiger partial charge in [0.05, 0.1) is 18.8 Å². The molecule has 2 heterocycles. The summed E-state index contributed by atoms with van der Waals surface area (Å²) in [6.07, 6.45) is 3.11. The van der Waals surface area contributed by atoms with Gasteiger partial charge in [-0.2, -0.15) is 0 Å². The van der Waals surface area contributed by atoms with E-state index in [2.05, 4.69) is 4.98 Å². The highest BCUT2D eigenvalue weighted by molar-refractivity contribution is 5.85. The minimum Gasteiger partial charge on any atom is -0.497 e. The molecule has 0 radical (unpaired) electrons. The molecule has 5 nitrogen and oxygen atoms in total. The molecule has 0 spiro atoms. The molecule has 0 unspecified atom stereocenters. The molecule has 0 aromatic carbocycles. The van der Waals surface area contributed by atoms with Crippen LogP contribution in [0.25, 0.3) is 5.52 Å². The van der Waals surface area contributed by atoms with E-state index in [-0.39, 0.29) is 5.82 Å². The Bertz CT molecular complexity index is 490. The second kappa shape index (κ2) is 3.02. The van der Waals surface area contributed by atoms with Gasteiger partial charge in [-0.1, -0.05) is 0 Å². The van der Waals surface area contributed by atoms with E-state index in [1.165, 1.54) is 10.6 Å². The van der Waals surface area contributed by atoms with Gasteiger partial charge in [-0.3, -0.25) is 4.40 Å². The molecule has 0 aliphatic carbocycles. The Morgan fingerprint density at radius 2 is 2.43 bits per heavy atom. The molecule has 0 aliphatic rings. The molecule has 0 amide bonds. The van der Waals surface area contributed by atoms with Gasteiger partial charge in [-0.15, -0.1) is 0 Å². The number of fused-ring (bicyclic) bond motifs is 1. The summed E-state index contributed by atoms with van der Waals surface area (Å²) in [4.78, 5) is 14.5. The van der Waals surface area contributed by atoms with Gasteiger partial charge in [0.1, 0.15) is 5.75 Å². The van der Waals surface area contributed by atoms with Crippen molar-refractivity contribution in [2.45, 2.75) is 0 Å². The van der Waals surface area contributed by atoms with Gasteiger partial charge < -0.3 is 9.84 Å². The third kappa shape index (κ3) is 1.19. The fourth-order valence-electron chi connectivity index (χ4n) is 1.26. The van der Waals surface area contributed by atoms with Crippen molar-refractivity contribution in [2.24, 2.45) is 0 Å². The lowest BCUT2D eigenvalue weighted by Crippen LogP contribution is -2.03. The van der Waals surface area contributed by atoms with Crippen LogP contribution in [0.2, 0.25) is 0 Å². The Morgan fingerprint density at radius 3 is 3.07 bits per heavy atom. The lowest BCUT2D eigenvalue weighted by atomic mass is 10.4. The van der Waals surface area contributed by atoms with E-state index in [0.717, 1.165) is 0 Å². The number of imidazole rings is 1. The summed E-state index contributed by atoms with van der Waals surface area (Å²) in [6.45, 7) is 0. The molecule has 0 aliphatic heterocycles. The van der Waals surface area contributed by atoms with Gasteiger partial charge in [0, 0.05) is 12.3 Å². The summed E-state index contributed by atoms with van der Waals surface area (Å²) in [5, 5.41) is 8.78. The fraction of sp³-hybridized carbons (Fsp3) is 0.111. The van der Waals surface area contributed by atoms with Crippen LogP contribution in [-0.4, -0.2) is 27.6 Å². The van der Waals surface area contributed by atoms with Crippen LogP contribution in [0, 0.1) is 0 Å². The zero-order chi connectivity index (χ0) is 10.1. The van der Waals surface area contributed by atoms with E-state index in [1.807, 2.05) is 0 Å². The van der Waals surface area contributed by atoms with Crippen molar-refractivity contribution >= 4 is 11.5 Å². The molecule has 5 heteroatoms. The van der Waals surface area contributed by atoms with E-state index in [4.69, 9.17) is 9.84 Å². The average Bonchev–Trinajstić information content (AvgIpc) is 2.59. The SMILES string of the molecule is COc1ccn2c(C(=O)O)ncc2c1. The van der Waals surface area contributed by atoms with Gasteiger partial charge in [0.2, 0.25) is 5.82 Å². The topological polar surface area (TPSA) is 63.8 Å². The van der Waals surface area contributed by atoms with Crippen molar-refractivity contribution in [1.82, 2.24) is 9.38 Å². The van der Waals surface area contributed by atoms with Gasteiger partial charge in [0.15, 0.2) is 0 Å². The Hall–Kier alpha value is -2.04. The number of carboxylic acids is 1. The van der Waals surface area contributed by atoms with Crippen molar-refractivity contribution in [3.05, 3.63) is 30.4 Å². The maximum absolute atomic E-state index is 10.7. The first-order valence-electron chi connectivity index (χ1n) is 3.97. The monoisotopic (exact) mass is 192 g/mol. The summed E-state index contributed by atoms with van der Waals surface area (Å²) in [5.41, 5.74) is 0.696. The molecule has 2 aromatic rings. The van der Waals surface area contributed by atoms with Crippen LogP contribution in [0.15, 0.2) is 24.5 Å². The summed E-state index contributed by atoms with van der Waals surface area (Å²) in [5.74, 6) is -0.368. The summed E-state index contributed by atoms with van der Waals surface area (Å²) >= 11 is 0. The number of methoxy groups -OCH3 is 1. The third-order valence-corrected chi connectivity index (χ3v) is 1.93. The number of pyridine rings is 1. The number of carboxylic acid groups (broad SMARTS) is 1. The molecule has 0 bridgehead atoms. The second-order valence-electron chi connectivity index (χ2n) is 2.75. The normalized spacial score (nSPS) is 10.4. The highest BCUT2D eigenvalue weighted by atomic mass is 16.5. The maximum Gasteiger partial charge on any atom is 0.372 e. The lowest BCUT2D eigenvalue weighted by molar-refractivity contribution is 0.0683. The van der Waals surface area contributed by atoms with Gasteiger partial charge in [-0.25, -0.2) is 9.78 Å². The fourth-order valence-corrected chi connectivity index (χ4v) is 1.26. The summed E-state index contributed by atoms with van der Waals surface area (Å²) < 4.78 is 6.49. The first-order valence-corrected chi connectivity index (χ1v) is 3.97. The molecule has 0 fully saturated rings. The lowest BCUT2D eigenvalue weighted by Gasteiger charge is -2.00. The predicted octanol–water partition coefficient (Wildman–Crippen LogP) is 1.04. The molecule has 2 aromatic heterocycles.